The zero-order valence-corrected chi connectivity index (χ0v) is 12.7. The lowest BCUT2D eigenvalue weighted by Crippen LogP contribution is -2.46. The number of benzene rings is 1. The molecule has 1 aromatic carbocycles. The molecule has 0 saturated carbocycles. The Bertz CT molecular complexity index is 449. The van der Waals surface area contributed by atoms with E-state index in [2.05, 4.69) is 11.8 Å². The highest BCUT2D eigenvalue weighted by Crippen LogP contribution is 2.27. The molecule has 1 aromatic rings. The molecule has 0 aliphatic carbocycles. The lowest BCUT2D eigenvalue weighted by atomic mass is 9.94. The molecule has 1 N–H and O–H groups in total. The highest BCUT2D eigenvalue weighted by atomic mass is 16.5. The molecule has 1 heterocycles. The van der Waals surface area contributed by atoms with Crippen LogP contribution < -0.4 is 4.74 Å². The molecule has 0 bridgehead atoms. The van der Waals surface area contributed by atoms with Crippen molar-refractivity contribution in [3.8, 4) is 5.75 Å². The number of methoxy groups -OCH3 is 2. The minimum atomic E-state index is -0.0555. The first-order valence-corrected chi connectivity index (χ1v) is 7.14. The molecule has 1 fully saturated rings. The maximum Gasteiger partial charge on any atom is 0.123 e. The van der Waals surface area contributed by atoms with Crippen molar-refractivity contribution in [2.45, 2.75) is 38.5 Å². The van der Waals surface area contributed by atoms with E-state index in [1.807, 2.05) is 18.2 Å². The summed E-state index contributed by atoms with van der Waals surface area (Å²) in [5.41, 5.74) is 1.99. The number of nitrogens with zero attached hydrogens (tertiary/aromatic N) is 1. The number of rotatable bonds is 5. The Morgan fingerprint density at radius 3 is 2.80 bits per heavy atom. The van der Waals surface area contributed by atoms with Gasteiger partial charge in [0.2, 0.25) is 0 Å². The molecule has 0 radical (unpaired) electrons. The fraction of sp³-hybridized carbons (Fsp3) is 0.625. The quantitative estimate of drug-likeness (QED) is 0.897. The summed E-state index contributed by atoms with van der Waals surface area (Å²) in [6.07, 6.45) is 2.25. The largest absolute Gasteiger partial charge is 0.496 e. The number of piperidine rings is 1. The molecule has 2 rings (SSSR count). The van der Waals surface area contributed by atoms with Crippen LogP contribution in [0.5, 0.6) is 5.75 Å². The summed E-state index contributed by atoms with van der Waals surface area (Å²) in [7, 11) is 3.48. The van der Waals surface area contributed by atoms with Crippen molar-refractivity contribution in [2.24, 2.45) is 0 Å². The van der Waals surface area contributed by atoms with Gasteiger partial charge in [-0.1, -0.05) is 6.07 Å². The van der Waals surface area contributed by atoms with Crippen LogP contribution in [0.25, 0.3) is 0 Å². The summed E-state index contributed by atoms with van der Waals surface area (Å²) in [4.78, 5) is 2.39. The zero-order valence-electron chi connectivity index (χ0n) is 12.7. The average molecular weight is 279 g/mol. The molecule has 4 nitrogen and oxygen atoms in total. The van der Waals surface area contributed by atoms with Crippen molar-refractivity contribution in [2.75, 3.05) is 27.3 Å². The number of aliphatic hydroxyl groups excluding tert-OH is 1. The SMILES string of the molecule is COc1ccc(CO)cc1CN1CCCC(C)(OC)C1. The number of hydrogen-bond donors (Lipinski definition) is 1. The number of aliphatic hydroxyl groups is 1. The Hall–Kier alpha value is -1.10. The topological polar surface area (TPSA) is 41.9 Å². The molecule has 0 spiro atoms. The minimum Gasteiger partial charge on any atom is -0.496 e. The normalized spacial score (nSPS) is 23.8. The van der Waals surface area contributed by atoms with Crippen LogP contribution in [0, 0.1) is 0 Å². The van der Waals surface area contributed by atoms with Crippen molar-refractivity contribution >= 4 is 0 Å². The Balaban J connectivity index is 2.12. The second-order valence-electron chi connectivity index (χ2n) is 5.77. The predicted molar refractivity (Wildman–Crippen MR) is 78.8 cm³/mol. The van der Waals surface area contributed by atoms with Crippen LogP contribution in [0.3, 0.4) is 0 Å². The zero-order chi connectivity index (χ0) is 14.6. The van der Waals surface area contributed by atoms with E-state index in [1.165, 1.54) is 0 Å². The number of ether oxygens (including phenoxy) is 2. The minimum absolute atomic E-state index is 0.0555. The van der Waals surface area contributed by atoms with Crippen molar-refractivity contribution in [1.29, 1.82) is 0 Å². The lowest BCUT2D eigenvalue weighted by Gasteiger charge is -2.39. The first-order chi connectivity index (χ1) is 9.60. The molecule has 20 heavy (non-hydrogen) atoms. The van der Waals surface area contributed by atoms with Gasteiger partial charge >= 0.3 is 0 Å². The Morgan fingerprint density at radius 1 is 1.35 bits per heavy atom. The van der Waals surface area contributed by atoms with E-state index in [1.54, 1.807) is 14.2 Å². The summed E-state index contributed by atoms with van der Waals surface area (Å²) in [5, 5.41) is 9.28. The van der Waals surface area contributed by atoms with Crippen LogP contribution in [0.4, 0.5) is 0 Å². The Kier molecular flexibility index (Phi) is 5.02. The third-order valence-electron chi connectivity index (χ3n) is 4.15. The van der Waals surface area contributed by atoms with Gasteiger partial charge in [-0.05, 0) is 44.0 Å². The van der Waals surface area contributed by atoms with Gasteiger partial charge in [-0.25, -0.2) is 0 Å². The van der Waals surface area contributed by atoms with Crippen LogP contribution in [0.2, 0.25) is 0 Å². The molecular weight excluding hydrogens is 254 g/mol. The Labute approximate surface area is 121 Å². The van der Waals surface area contributed by atoms with E-state index in [0.29, 0.717) is 0 Å². The second-order valence-corrected chi connectivity index (χ2v) is 5.77. The highest BCUT2D eigenvalue weighted by Gasteiger charge is 2.30. The predicted octanol–water partition coefficient (Wildman–Crippen LogP) is 2.19. The van der Waals surface area contributed by atoms with Gasteiger partial charge in [-0.3, -0.25) is 4.90 Å². The van der Waals surface area contributed by atoms with Crippen LogP contribution in [0.1, 0.15) is 30.9 Å². The maximum atomic E-state index is 9.28. The first kappa shape index (κ1) is 15.3. The van der Waals surface area contributed by atoms with Crippen molar-refractivity contribution in [3.05, 3.63) is 29.3 Å². The van der Waals surface area contributed by atoms with Gasteiger partial charge in [0, 0.05) is 25.8 Å². The standard InChI is InChI=1S/C16H25NO3/c1-16(20-3)7-4-8-17(12-16)10-14-9-13(11-18)5-6-15(14)19-2/h5-6,9,18H,4,7-8,10-12H2,1-3H3. The third kappa shape index (κ3) is 3.51. The first-order valence-electron chi connectivity index (χ1n) is 7.14. The van der Waals surface area contributed by atoms with Crippen LogP contribution in [0.15, 0.2) is 18.2 Å². The van der Waals surface area contributed by atoms with Gasteiger partial charge in [0.05, 0.1) is 19.3 Å². The summed E-state index contributed by atoms with van der Waals surface area (Å²) in [5.74, 6) is 0.881. The van der Waals surface area contributed by atoms with E-state index >= 15 is 0 Å². The molecule has 1 atom stereocenters. The van der Waals surface area contributed by atoms with Crippen molar-refractivity contribution in [3.63, 3.8) is 0 Å². The van der Waals surface area contributed by atoms with Crippen molar-refractivity contribution in [1.82, 2.24) is 4.90 Å². The van der Waals surface area contributed by atoms with Gasteiger partial charge in [0.25, 0.3) is 0 Å². The second kappa shape index (κ2) is 6.57. The lowest BCUT2D eigenvalue weighted by molar-refractivity contribution is -0.0528. The van der Waals surface area contributed by atoms with E-state index in [0.717, 1.165) is 49.4 Å². The van der Waals surface area contributed by atoms with Gasteiger partial charge < -0.3 is 14.6 Å². The summed E-state index contributed by atoms with van der Waals surface area (Å²) < 4.78 is 11.1. The number of hydrogen-bond acceptors (Lipinski definition) is 4. The molecule has 1 aliphatic heterocycles. The molecule has 112 valence electrons. The van der Waals surface area contributed by atoms with Gasteiger partial charge in [-0.15, -0.1) is 0 Å². The monoisotopic (exact) mass is 279 g/mol. The van der Waals surface area contributed by atoms with Crippen LogP contribution >= 0.6 is 0 Å². The fourth-order valence-corrected chi connectivity index (χ4v) is 2.90. The van der Waals surface area contributed by atoms with E-state index in [9.17, 15) is 5.11 Å². The molecule has 4 heteroatoms. The van der Waals surface area contributed by atoms with Crippen molar-refractivity contribution < 1.29 is 14.6 Å². The van der Waals surface area contributed by atoms with Gasteiger partial charge in [-0.2, -0.15) is 0 Å². The summed E-state index contributed by atoms with van der Waals surface area (Å²) in [6.45, 7) is 5.06. The number of likely N-dealkylation sites (tertiary alicyclic amines) is 1. The average Bonchev–Trinajstić information content (AvgIpc) is 2.47. The molecule has 1 unspecified atom stereocenters. The molecule has 0 aromatic heterocycles. The summed E-state index contributed by atoms with van der Waals surface area (Å²) in [6, 6.07) is 5.86. The summed E-state index contributed by atoms with van der Waals surface area (Å²) >= 11 is 0. The van der Waals surface area contributed by atoms with E-state index in [4.69, 9.17) is 9.47 Å². The molecule has 1 aliphatic rings. The van der Waals surface area contributed by atoms with Gasteiger partial charge in [0.1, 0.15) is 5.75 Å². The van der Waals surface area contributed by atoms with Gasteiger partial charge in [0.15, 0.2) is 0 Å². The highest BCUT2D eigenvalue weighted by molar-refractivity contribution is 5.37. The van der Waals surface area contributed by atoms with Crippen LogP contribution in [-0.4, -0.2) is 42.9 Å². The van der Waals surface area contributed by atoms with E-state index in [-0.39, 0.29) is 12.2 Å². The fourth-order valence-electron chi connectivity index (χ4n) is 2.90. The Morgan fingerprint density at radius 2 is 2.15 bits per heavy atom. The molecule has 1 saturated heterocycles. The van der Waals surface area contributed by atoms with Crippen LogP contribution in [-0.2, 0) is 17.9 Å². The molecular formula is C16H25NO3. The van der Waals surface area contributed by atoms with E-state index < -0.39 is 0 Å². The molecule has 0 amide bonds. The maximum absolute atomic E-state index is 9.28. The smallest absolute Gasteiger partial charge is 0.123 e. The third-order valence-corrected chi connectivity index (χ3v) is 4.15.